The Hall–Kier alpha value is -3.88. The van der Waals surface area contributed by atoms with E-state index in [2.05, 4.69) is 20.4 Å². The van der Waals surface area contributed by atoms with Crippen molar-refractivity contribution in [3.8, 4) is 0 Å². The summed E-state index contributed by atoms with van der Waals surface area (Å²) in [5.74, 6) is -0.326. The van der Waals surface area contributed by atoms with Crippen molar-refractivity contribution in [1.82, 2.24) is 10.6 Å². The topological polar surface area (TPSA) is 115 Å². The monoisotopic (exact) mass is 455 g/mol. The van der Waals surface area contributed by atoms with Crippen LogP contribution in [0.2, 0.25) is 0 Å². The molecule has 0 bridgehead atoms. The molecule has 2 amide bonds. The highest BCUT2D eigenvalue weighted by Gasteiger charge is 2.11. The molecule has 0 saturated heterocycles. The molecule has 0 unspecified atom stereocenters. The SMILES string of the molecule is COC(=O)CCCCCNC(=NC(=O)OCc1ccccc1)NC(=O)OCc1ccccc1. The molecule has 0 atom stereocenters. The number of nitrogens with one attached hydrogen (secondary N) is 2. The van der Waals surface area contributed by atoms with Crippen molar-refractivity contribution in [2.24, 2.45) is 4.99 Å². The van der Waals surface area contributed by atoms with E-state index in [0.717, 1.165) is 17.5 Å². The van der Waals surface area contributed by atoms with Gasteiger partial charge in [0.25, 0.3) is 0 Å². The van der Waals surface area contributed by atoms with Crippen molar-refractivity contribution in [2.75, 3.05) is 13.7 Å². The summed E-state index contributed by atoms with van der Waals surface area (Å²) >= 11 is 0. The van der Waals surface area contributed by atoms with E-state index in [1.165, 1.54) is 7.11 Å². The number of amides is 2. The summed E-state index contributed by atoms with van der Waals surface area (Å²) in [6.07, 6.45) is 0.851. The lowest BCUT2D eigenvalue weighted by Gasteiger charge is -2.12. The molecular formula is C24H29N3O6. The zero-order chi connectivity index (χ0) is 23.7. The van der Waals surface area contributed by atoms with Crippen molar-refractivity contribution < 1.29 is 28.6 Å². The lowest BCUT2D eigenvalue weighted by atomic mass is 10.2. The Bertz CT molecular complexity index is 903. The first-order valence-electron chi connectivity index (χ1n) is 10.6. The maximum Gasteiger partial charge on any atom is 0.437 e. The Morgan fingerprint density at radius 3 is 2.03 bits per heavy atom. The van der Waals surface area contributed by atoms with E-state index in [4.69, 9.17) is 9.47 Å². The first kappa shape index (κ1) is 25.4. The number of carbonyl (C=O) groups is 3. The second kappa shape index (κ2) is 15.0. The average Bonchev–Trinajstić information content (AvgIpc) is 2.84. The third-order valence-corrected chi connectivity index (χ3v) is 4.42. The standard InChI is InChI=1S/C24H29N3O6/c1-31-21(28)15-9-4-10-16-25-22(26-23(29)32-17-19-11-5-2-6-12-19)27-24(30)33-18-20-13-7-3-8-14-20/h2-3,5-8,11-14H,4,9-10,15-18H2,1H3,(H2,25,26,27,29,30). The molecule has 0 spiro atoms. The van der Waals surface area contributed by atoms with Crippen LogP contribution in [0.1, 0.15) is 36.8 Å². The number of esters is 1. The van der Waals surface area contributed by atoms with Crippen LogP contribution in [0.15, 0.2) is 65.7 Å². The third-order valence-electron chi connectivity index (χ3n) is 4.42. The molecular weight excluding hydrogens is 426 g/mol. The minimum absolute atomic E-state index is 0.0580. The fourth-order valence-electron chi connectivity index (χ4n) is 2.69. The van der Waals surface area contributed by atoms with Crippen LogP contribution in [0.25, 0.3) is 0 Å². The van der Waals surface area contributed by atoms with E-state index < -0.39 is 12.2 Å². The number of alkyl carbamates (subject to hydrolysis) is 1. The number of guanidine groups is 1. The highest BCUT2D eigenvalue weighted by Crippen LogP contribution is 2.03. The first-order valence-corrected chi connectivity index (χ1v) is 10.6. The largest absolute Gasteiger partial charge is 0.469 e. The second-order valence-corrected chi connectivity index (χ2v) is 7.00. The number of unbranched alkanes of at least 4 members (excludes halogenated alkanes) is 2. The number of aliphatic imine (C=N–C) groups is 1. The summed E-state index contributed by atoms with van der Waals surface area (Å²) in [5.41, 5.74) is 1.64. The smallest absolute Gasteiger partial charge is 0.437 e. The minimum atomic E-state index is -0.851. The quantitative estimate of drug-likeness (QED) is 0.183. The molecule has 0 saturated carbocycles. The van der Waals surface area contributed by atoms with Gasteiger partial charge in [0.1, 0.15) is 13.2 Å². The summed E-state index contributed by atoms with van der Waals surface area (Å²) in [7, 11) is 1.35. The number of nitrogens with zero attached hydrogens (tertiary/aromatic N) is 1. The summed E-state index contributed by atoms with van der Waals surface area (Å²) < 4.78 is 14.9. The zero-order valence-corrected chi connectivity index (χ0v) is 18.6. The second-order valence-electron chi connectivity index (χ2n) is 7.00. The van der Waals surface area contributed by atoms with Gasteiger partial charge in [0.15, 0.2) is 0 Å². The predicted molar refractivity (Wildman–Crippen MR) is 122 cm³/mol. The van der Waals surface area contributed by atoms with E-state index in [0.29, 0.717) is 25.8 Å². The van der Waals surface area contributed by atoms with Crippen LogP contribution in [-0.2, 0) is 32.2 Å². The van der Waals surface area contributed by atoms with Crippen molar-refractivity contribution in [3.63, 3.8) is 0 Å². The molecule has 2 rings (SSSR count). The van der Waals surface area contributed by atoms with Gasteiger partial charge in [0, 0.05) is 13.0 Å². The van der Waals surface area contributed by atoms with Gasteiger partial charge in [-0.05, 0) is 24.0 Å². The van der Waals surface area contributed by atoms with Crippen molar-refractivity contribution in [1.29, 1.82) is 0 Å². The molecule has 0 radical (unpaired) electrons. The van der Waals surface area contributed by atoms with E-state index >= 15 is 0 Å². The van der Waals surface area contributed by atoms with E-state index in [-0.39, 0.29) is 25.1 Å². The molecule has 9 heteroatoms. The van der Waals surface area contributed by atoms with Crippen LogP contribution in [0, 0.1) is 0 Å². The van der Waals surface area contributed by atoms with Crippen molar-refractivity contribution >= 4 is 24.1 Å². The van der Waals surface area contributed by atoms with Gasteiger partial charge in [0.2, 0.25) is 5.96 Å². The summed E-state index contributed by atoms with van der Waals surface area (Å²) in [6, 6.07) is 18.4. The number of methoxy groups -OCH3 is 1. The van der Waals surface area contributed by atoms with Crippen LogP contribution in [0.5, 0.6) is 0 Å². The van der Waals surface area contributed by atoms with Crippen LogP contribution in [0.4, 0.5) is 9.59 Å². The van der Waals surface area contributed by atoms with Gasteiger partial charge in [-0.3, -0.25) is 10.1 Å². The molecule has 0 aliphatic carbocycles. The van der Waals surface area contributed by atoms with Crippen LogP contribution in [-0.4, -0.2) is 37.8 Å². The lowest BCUT2D eigenvalue weighted by molar-refractivity contribution is -0.140. The van der Waals surface area contributed by atoms with Crippen LogP contribution >= 0.6 is 0 Å². The number of hydrogen-bond acceptors (Lipinski definition) is 6. The molecule has 2 aromatic rings. The van der Waals surface area contributed by atoms with Gasteiger partial charge in [-0.15, -0.1) is 4.99 Å². The maximum absolute atomic E-state index is 12.2. The Kier molecular flexibility index (Phi) is 11.5. The molecule has 2 N–H and O–H groups in total. The van der Waals surface area contributed by atoms with Crippen LogP contribution in [0.3, 0.4) is 0 Å². The number of ether oxygens (including phenoxy) is 3. The molecule has 0 aliphatic heterocycles. The molecule has 0 aromatic heterocycles. The van der Waals surface area contributed by atoms with Gasteiger partial charge in [-0.25, -0.2) is 9.59 Å². The van der Waals surface area contributed by atoms with Gasteiger partial charge >= 0.3 is 18.2 Å². The number of hydrogen-bond donors (Lipinski definition) is 2. The number of rotatable bonds is 10. The minimum Gasteiger partial charge on any atom is -0.469 e. The molecule has 33 heavy (non-hydrogen) atoms. The molecule has 2 aromatic carbocycles. The Morgan fingerprint density at radius 1 is 0.818 bits per heavy atom. The Labute approximate surface area is 193 Å². The third kappa shape index (κ3) is 11.3. The van der Waals surface area contributed by atoms with E-state index in [1.54, 1.807) is 0 Å². The van der Waals surface area contributed by atoms with Crippen molar-refractivity contribution in [2.45, 2.75) is 38.9 Å². The van der Waals surface area contributed by atoms with Gasteiger partial charge in [-0.1, -0.05) is 67.1 Å². The Balaban J connectivity index is 1.85. The van der Waals surface area contributed by atoms with Gasteiger partial charge < -0.3 is 19.5 Å². The molecule has 0 fully saturated rings. The average molecular weight is 456 g/mol. The van der Waals surface area contributed by atoms with Gasteiger partial charge in [0.05, 0.1) is 7.11 Å². The zero-order valence-electron chi connectivity index (χ0n) is 18.6. The normalized spacial score (nSPS) is 10.8. The molecule has 9 nitrogen and oxygen atoms in total. The first-order chi connectivity index (χ1) is 16.1. The fraction of sp³-hybridized carbons (Fsp3) is 0.333. The predicted octanol–water partition coefficient (Wildman–Crippen LogP) is 3.93. The van der Waals surface area contributed by atoms with Crippen LogP contribution < -0.4 is 10.6 Å². The highest BCUT2D eigenvalue weighted by molar-refractivity contribution is 5.98. The lowest BCUT2D eigenvalue weighted by Crippen LogP contribution is -2.42. The molecule has 0 aliphatic rings. The van der Waals surface area contributed by atoms with E-state index in [9.17, 15) is 14.4 Å². The maximum atomic E-state index is 12.2. The highest BCUT2D eigenvalue weighted by atomic mass is 16.6. The molecule has 176 valence electrons. The summed E-state index contributed by atoms with van der Waals surface area (Å²) in [4.78, 5) is 39.3. The number of benzene rings is 2. The van der Waals surface area contributed by atoms with Crippen molar-refractivity contribution in [3.05, 3.63) is 71.8 Å². The van der Waals surface area contributed by atoms with Gasteiger partial charge in [-0.2, -0.15) is 0 Å². The Morgan fingerprint density at radius 2 is 1.42 bits per heavy atom. The van der Waals surface area contributed by atoms with E-state index in [1.807, 2.05) is 60.7 Å². The molecule has 0 heterocycles. The number of carbonyl (C=O) groups excluding carboxylic acids is 3. The summed E-state index contributed by atoms with van der Waals surface area (Å²) in [5, 5.41) is 5.34. The summed E-state index contributed by atoms with van der Waals surface area (Å²) in [6.45, 7) is 0.555. The fourth-order valence-corrected chi connectivity index (χ4v) is 2.69.